The van der Waals surface area contributed by atoms with E-state index in [2.05, 4.69) is 28.4 Å². The highest BCUT2D eigenvalue weighted by Crippen LogP contribution is 2.45. The molecule has 3 aliphatic heterocycles. The molecule has 0 bridgehead atoms. The second-order valence-electron chi connectivity index (χ2n) is 15.2. The number of carboxylic acids is 1. The molecule has 5 rings (SSSR count). The van der Waals surface area contributed by atoms with Gasteiger partial charge in [-0.25, -0.2) is 20.4 Å². The predicted molar refractivity (Wildman–Crippen MR) is 173 cm³/mol. The number of aliphatic carboxylic acids is 1. The van der Waals surface area contributed by atoms with Crippen LogP contribution in [0.25, 0.3) is 0 Å². The molecule has 2 saturated heterocycles. The van der Waals surface area contributed by atoms with Gasteiger partial charge in [-0.1, -0.05) is 57.6 Å². The minimum absolute atomic E-state index is 0.218. The molecule has 7 atom stereocenters. The first-order valence-electron chi connectivity index (χ1n) is 17.8. The van der Waals surface area contributed by atoms with E-state index in [9.17, 15) is 24.3 Å². The second-order valence-corrected chi connectivity index (χ2v) is 15.2. The first kappa shape index (κ1) is 34.6. The standard InChI is InChI=1S/C34H56N6O6/c1-5-14-25-28(22-15-10-9-11-16-22)38-40(37-25)24-19-27-29(41)36-34(31(43)44)20-23(34)17-12-7-6-8-13-18-26(30(42)39(27)21-24)35-32(45)46-33(2,3)4/h12,17,22-28,37-38H,5-11,13-16,18-21H2,1-4H3,(H,35,45)(H,36,41)(H,43,44)/b17-12-/t23-,24+,25?,26-,27+,28?,34+/m1/s1. The maximum Gasteiger partial charge on any atom is 0.408 e. The summed E-state index contributed by atoms with van der Waals surface area (Å²) in [6.45, 7) is 7.78. The smallest absolute Gasteiger partial charge is 0.408 e. The molecular formula is C34H56N6O6. The summed E-state index contributed by atoms with van der Waals surface area (Å²) in [7, 11) is 0. The number of alkyl carbamates (subject to hydrolysis) is 1. The number of hydrogen-bond donors (Lipinski definition) is 5. The Bertz CT molecular complexity index is 1150. The molecule has 46 heavy (non-hydrogen) atoms. The molecule has 5 aliphatic rings. The SMILES string of the molecule is CCCC1NN([C@H]2C[C@H]3C(=O)N[C@@]4(C(=O)O)C[C@H]4/C=C\CCCCC[C@@H](NC(=O)OC(C)(C)C)C(=O)N3C2)NC1C1CCCCC1. The molecule has 0 aromatic heterocycles. The zero-order valence-corrected chi connectivity index (χ0v) is 28.2. The van der Waals surface area contributed by atoms with Gasteiger partial charge in [0, 0.05) is 24.5 Å². The first-order valence-corrected chi connectivity index (χ1v) is 17.8. The summed E-state index contributed by atoms with van der Waals surface area (Å²) in [4.78, 5) is 55.3. The van der Waals surface area contributed by atoms with Crippen LogP contribution in [0.2, 0.25) is 0 Å². The van der Waals surface area contributed by atoms with E-state index in [1.165, 1.54) is 32.1 Å². The van der Waals surface area contributed by atoms with Crippen LogP contribution in [0.5, 0.6) is 0 Å². The number of ether oxygens (including phenoxy) is 1. The summed E-state index contributed by atoms with van der Waals surface area (Å²) in [6, 6.07) is -1.43. The van der Waals surface area contributed by atoms with E-state index in [4.69, 9.17) is 4.74 Å². The minimum atomic E-state index is -1.36. The molecule has 3 amide bonds. The van der Waals surface area contributed by atoms with Crippen molar-refractivity contribution in [3.63, 3.8) is 0 Å². The Kier molecular flexibility index (Phi) is 11.0. The van der Waals surface area contributed by atoms with Crippen LogP contribution in [0, 0.1) is 11.8 Å². The van der Waals surface area contributed by atoms with Gasteiger partial charge >= 0.3 is 12.1 Å². The van der Waals surface area contributed by atoms with Crippen LogP contribution >= 0.6 is 0 Å². The lowest BCUT2D eigenvalue weighted by Gasteiger charge is -2.31. The zero-order chi connectivity index (χ0) is 33.1. The van der Waals surface area contributed by atoms with Gasteiger partial charge in [-0.15, -0.1) is 0 Å². The van der Waals surface area contributed by atoms with Crippen molar-refractivity contribution in [3.05, 3.63) is 12.2 Å². The molecule has 258 valence electrons. The van der Waals surface area contributed by atoms with E-state index in [0.29, 0.717) is 31.6 Å². The van der Waals surface area contributed by atoms with E-state index in [1.807, 2.05) is 17.3 Å². The molecule has 2 unspecified atom stereocenters. The topological polar surface area (TPSA) is 152 Å². The Morgan fingerprint density at radius 3 is 2.48 bits per heavy atom. The van der Waals surface area contributed by atoms with Crippen molar-refractivity contribution in [2.24, 2.45) is 11.8 Å². The number of rotatable bonds is 6. The number of nitrogens with one attached hydrogen (secondary N) is 4. The van der Waals surface area contributed by atoms with Crippen molar-refractivity contribution in [2.45, 2.75) is 159 Å². The number of carbonyl (C=O) groups is 4. The Morgan fingerprint density at radius 1 is 1.07 bits per heavy atom. The molecule has 2 saturated carbocycles. The summed E-state index contributed by atoms with van der Waals surface area (Å²) in [6.07, 6.45) is 15.8. The predicted octanol–water partition coefficient (Wildman–Crippen LogP) is 3.77. The van der Waals surface area contributed by atoms with Crippen LogP contribution < -0.4 is 21.5 Å². The van der Waals surface area contributed by atoms with Crippen molar-refractivity contribution < 1.29 is 29.0 Å². The molecule has 2 aliphatic carbocycles. The third-order valence-corrected chi connectivity index (χ3v) is 10.5. The van der Waals surface area contributed by atoms with Crippen molar-refractivity contribution in [1.82, 2.24) is 31.5 Å². The number of carbonyl (C=O) groups excluding carboxylic acids is 3. The van der Waals surface area contributed by atoms with Crippen LogP contribution in [0.15, 0.2) is 12.2 Å². The lowest BCUT2D eigenvalue weighted by molar-refractivity contribution is -0.145. The Hall–Kier alpha value is -2.70. The van der Waals surface area contributed by atoms with E-state index in [-0.39, 0.29) is 36.5 Å². The number of fused-ring (bicyclic) bond motifs is 2. The largest absolute Gasteiger partial charge is 0.479 e. The summed E-state index contributed by atoms with van der Waals surface area (Å²) < 4.78 is 5.51. The van der Waals surface area contributed by atoms with E-state index < -0.39 is 41.2 Å². The molecule has 12 heteroatoms. The van der Waals surface area contributed by atoms with Gasteiger partial charge < -0.3 is 25.4 Å². The van der Waals surface area contributed by atoms with Gasteiger partial charge in [0.25, 0.3) is 0 Å². The number of carboxylic acid groups (broad SMARTS) is 1. The Morgan fingerprint density at radius 2 is 1.78 bits per heavy atom. The summed E-state index contributed by atoms with van der Waals surface area (Å²) in [5.74, 6) is -1.58. The molecular weight excluding hydrogens is 588 g/mol. The van der Waals surface area contributed by atoms with Crippen LogP contribution in [-0.4, -0.2) is 86.9 Å². The summed E-state index contributed by atoms with van der Waals surface area (Å²) in [5.41, 5.74) is 5.34. The van der Waals surface area contributed by atoms with Gasteiger partial charge in [-0.3, -0.25) is 9.59 Å². The fraction of sp³-hybridized carbons (Fsp3) is 0.824. The third kappa shape index (κ3) is 8.05. The van der Waals surface area contributed by atoms with Gasteiger partial charge in [0.05, 0.1) is 6.04 Å². The van der Waals surface area contributed by atoms with Crippen molar-refractivity contribution >= 4 is 23.9 Å². The number of amides is 3. The Balaban J connectivity index is 1.40. The monoisotopic (exact) mass is 644 g/mol. The first-order chi connectivity index (χ1) is 21.9. The number of hydrazine groups is 2. The summed E-state index contributed by atoms with van der Waals surface area (Å²) in [5, 5.41) is 17.9. The van der Waals surface area contributed by atoms with E-state index in [1.54, 1.807) is 25.7 Å². The van der Waals surface area contributed by atoms with Crippen LogP contribution in [0.4, 0.5) is 4.79 Å². The fourth-order valence-corrected chi connectivity index (χ4v) is 7.95. The van der Waals surface area contributed by atoms with E-state index >= 15 is 0 Å². The number of allylic oxidation sites excluding steroid dienone is 1. The maximum atomic E-state index is 14.3. The van der Waals surface area contributed by atoms with Gasteiger partial charge in [0.15, 0.2) is 0 Å². The van der Waals surface area contributed by atoms with Crippen molar-refractivity contribution in [1.29, 1.82) is 0 Å². The molecule has 0 radical (unpaired) electrons. The van der Waals surface area contributed by atoms with Crippen LogP contribution in [0.3, 0.4) is 0 Å². The fourth-order valence-electron chi connectivity index (χ4n) is 7.95. The average molecular weight is 645 g/mol. The molecule has 5 N–H and O–H groups in total. The lowest BCUT2D eigenvalue weighted by Crippen LogP contribution is -2.56. The molecule has 4 fully saturated rings. The van der Waals surface area contributed by atoms with Crippen molar-refractivity contribution in [2.75, 3.05) is 6.54 Å². The Labute approximate surface area is 273 Å². The zero-order valence-electron chi connectivity index (χ0n) is 28.2. The highest BCUT2D eigenvalue weighted by atomic mass is 16.6. The van der Waals surface area contributed by atoms with Crippen molar-refractivity contribution in [3.8, 4) is 0 Å². The molecule has 0 aromatic carbocycles. The van der Waals surface area contributed by atoms with Gasteiger partial charge in [-0.05, 0) is 78.1 Å². The molecule has 0 aromatic rings. The van der Waals surface area contributed by atoms with Gasteiger partial charge in [-0.2, -0.15) is 5.12 Å². The molecule has 12 nitrogen and oxygen atoms in total. The third-order valence-electron chi connectivity index (χ3n) is 10.5. The molecule has 0 spiro atoms. The lowest BCUT2D eigenvalue weighted by atomic mass is 9.81. The maximum absolute atomic E-state index is 14.3. The average Bonchev–Trinajstić information content (AvgIpc) is 3.31. The van der Waals surface area contributed by atoms with Crippen LogP contribution in [0.1, 0.15) is 118 Å². The van der Waals surface area contributed by atoms with E-state index in [0.717, 1.165) is 32.1 Å². The van der Waals surface area contributed by atoms with Gasteiger partial charge in [0.2, 0.25) is 11.8 Å². The number of nitrogens with zero attached hydrogens (tertiary/aromatic N) is 2. The highest BCUT2D eigenvalue weighted by Gasteiger charge is 2.61. The van der Waals surface area contributed by atoms with Crippen LogP contribution in [-0.2, 0) is 19.1 Å². The molecule has 3 heterocycles. The second kappa shape index (κ2) is 14.6. The summed E-state index contributed by atoms with van der Waals surface area (Å²) >= 11 is 0. The number of hydrogen-bond acceptors (Lipinski definition) is 8. The van der Waals surface area contributed by atoms with Gasteiger partial charge in [0.1, 0.15) is 23.2 Å². The normalized spacial score (nSPS) is 35.7. The quantitative estimate of drug-likeness (QED) is 0.272. The minimum Gasteiger partial charge on any atom is -0.479 e. The highest BCUT2D eigenvalue weighted by molar-refractivity contribution is 5.96.